The van der Waals surface area contributed by atoms with Crippen molar-refractivity contribution < 1.29 is 14.3 Å². The maximum atomic E-state index is 12.9. The topological polar surface area (TPSA) is 96.8 Å². The SMILES string of the molecule is CCOC(=O)c1ccc(NC(=O)CSc2nc(=O)n(N3CCN(C)CC3)c3c2CCC3)cc1. The number of nitrogens with zero attached hydrogens (tertiary/aromatic N) is 4. The molecule has 1 saturated heterocycles. The highest BCUT2D eigenvalue weighted by molar-refractivity contribution is 8.00. The molecule has 1 aliphatic heterocycles. The summed E-state index contributed by atoms with van der Waals surface area (Å²) in [5.41, 5.74) is 2.89. The number of benzene rings is 1. The third kappa shape index (κ3) is 5.39. The van der Waals surface area contributed by atoms with Crippen molar-refractivity contribution in [3.8, 4) is 0 Å². The highest BCUT2D eigenvalue weighted by Gasteiger charge is 2.26. The van der Waals surface area contributed by atoms with E-state index in [1.54, 1.807) is 35.9 Å². The molecule has 1 aromatic heterocycles. The molecule has 176 valence electrons. The minimum Gasteiger partial charge on any atom is -0.462 e. The minimum atomic E-state index is -0.392. The van der Waals surface area contributed by atoms with E-state index in [1.165, 1.54) is 11.8 Å². The molecule has 33 heavy (non-hydrogen) atoms. The Balaban J connectivity index is 1.41. The van der Waals surface area contributed by atoms with E-state index in [-0.39, 0.29) is 17.3 Å². The van der Waals surface area contributed by atoms with Crippen molar-refractivity contribution in [2.75, 3.05) is 55.9 Å². The van der Waals surface area contributed by atoms with Gasteiger partial charge in [-0.3, -0.25) is 4.79 Å². The molecular formula is C23H29N5O4S. The summed E-state index contributed by atoms with van der Waals surface area (Å²) in [6, 6.07) is 6.57. The molecule has 0 radical (unpaired) electrons. The van der Waals surface area contributed by atoms with E-state index < -0.39 is 5.97 Å². The Kier molecular flexibility index (Phi) is 7.34. The summed E-state index contributed by atoms with van der Waals surface area (Å²) in [6.07, 6.45) is 2.71. The van der Waals surface area contributed by atoms with Gasteiger partial charge in [0.15, 0.2) is 0 Å². The van der Waals surface area contributed by atoms with Crippen LogP contribution in [0, 0.1) is 0 Å². The number of hydrogen-bond donors (Lipinski definition) is 1. The van der Waals surface area contributed by atoms with Gasteiger partial charge in [0.25, 0.3) is 0 Å². The van der Waals surface area contributed by atoms with Crippen molar-refractivity contribution in [2.24, 2.45) is 0 Å². The highest BCUT2D eigenvalue weighted by atomic mass is 32.2. The number of rotatable bonds is 7. The number of fused-ring (bicyclic) bond motifs is 1. The van der Waals surface area contributed by atoms with Crippen LogP contribution in [0.25, 0.3) is 0 Å². The number of carbonyl (C=O) groups excluding carboxylic acids is 2. The fourth-order valence-corrected chi connectivity index (χ4v) is 5.03. The second kappa shape index (κ2) is 10.4. The summed E-state index contributed by atoms with van der Waals surface area (Å²) in [7, 11) is 2.09. The molecule has 0 saturated carbocycles. The predicted octanol–water partition coefficient (Wildman–Crippen LogP) is 1.52. The number of aromatic nitrogens is 2. The van der Waals surface area contributed by atoms with E-state index in [2.05, 4.69) is 27.3 Å². The Bertz CT molecular complexity index is 1080. The van der Waals surface area contributed by atoms with Gasteiger partial charge in [-0.15, -0.1) is 0 Å². The van der Waals surface area contributed by atoms with E-state index in [9.17, 15) is 14.4 Å². The predicted molar refractivity (Wildman–Crippen MR) is 128 cm³/mol. The van der Waals surface area contributed by atoms with Gasteiger partial charge < -0.3 is 20.0 Å². The molecular weight excluding hydrogens is 442 g/mol. The van der Waals surface area contributed by atoms with Crippen molar-refractivity contribution in [3.05, 3.63) is 51.6 Å². The number of nitrogens with one attached hydrogen (secondary N) is 1. The van der Waals surface area contributed by atoms with E-state index in [1.807, 2.05) is 0 Å². The van der Waals surface area contributed by atoms with E-state index >= 15 is 0 Å². The maximum Gasteiger partial charge on any atom is 0.367 e. The monoisotopic (exact) mass is 471 g/mol. The maximum absolute atomic E-state index is 12.9. The van der Waals surface area contributed by atoms with Crippen molar-refractivity contribution >= 4 is 29.3 Å². The number of carbonyl (C=O) groups is 2. The number of piperazine rings is 1. The van der Waals surface area contributed by atoms with Crippen LogP contribution in [0.3, 0.4) is 0 Å². The van der Waals surface area contributed by atoms with E-state index in [0.717, 1.165) is 56.7 Å². The van der Waals surface area contributed by atoms with Gasteiger partial charge in [-0.25, -0.2) is 14.3 Å². The Morgan fingerprint density at radius 2 is 1.85 bits per heavy atom. The molecule has 1 aromatic carbocycles. The summed E-state index contributed by atoms with van der Waals surface area (Å²) in [6.45, 7) is 5.50. The van der Waals surface area contributed by atoms with Crippen molar-refractivity contribution in [2.45, 2.75) is 31.2 Å². The van der Waals surface area contributed by atoms with Crippen LogP contribution in [-0.4, -0.2) is 72.0 Å². The largest absolute Gasteiger partial charge is 0.462 e. The van der Waals surface area contributed by atoms with Gasteiger partial charge in [0.2, 0.25) is 5.91 Å². The second-order valence-electron chi connectivity index (χ2n) is 8.18. The third-order valence-corrected chi connectivity index (χ3v) is 6.88. The Morgan fingerprint density at radius 1 is 1.12 bits per heavy atom. The Hall–Kier alpha value is -2.85. The average Bonchev–Trinajstić information content (AvgIpc) is 3.29. The lowest BCUT2D eigenvalue weighted by Gasteiger charge is -2.35. The van der Waals surface area contributed by atoms with Crippen LogP contribution in [0.15, 0.2) is 34.1 Å². The van der Waals surface area contributed by atoms with Gasteiger partial charge in [-0.05, 0) is 57.5 Å². The summed E-state index contributed by atoms with van der Waals surface area (Å²) in [5.74, 6) is -0.435. The molecule has 2 aliphatic rings. The van der Waals surface area contributed by atoms with Crippen molar-refractivity contribution in [1.29, 1.82) is 0 Å². The van der Waals surface area contributed by atoms with Crippen LogP contribution in [0.4, 0.5) is 5.69 Å². The van der Waals surface area contributed by atoms with Crippen LogP contribution < -0.4 is 16.0 Å². The number of esters is 1. The average molecular weight is 472 g/mol. The lowest BCUT2D eigenvalue weighted by molar-refractivity contribution is -0.113. The van der Waals surface area contributed by atoms with Gasteiger partial charge >= 0.3 is 11.7 Å². The Labute approximate surface area is 197 Å². The van der Waals surface area contributed by atoms with Crippen molar-refractivity contribution in [3.63, 3.8) is 0 Å². The lowest BCUT2D eigenvalue weighted by Crippen LogP contribution is -2.54. The fraction of sp³-hybridized carbons (Fsp3) is 0.478. The molecule has 0 unspecified atom stereocenters. The number of likely N-dealkylation sites (N-methyl/N-ethyl adjacent to an activating group) is 1. The molecule has 2 heterocycles. The number of amides is 1. The van der Waals surface area contributed by atoms with Crippen LogP contribution in [0.2, 0.25) is 0 Å². The van der Waals surface area contributed by atoms with Crippen LogP contribution in [0.1, 0.15) is 35.0 Å². The molecule has 2 aromatic rings. The summed E-state index contributed by atoms with van der Waals surface area (Å²) in [4.78, 5) is 43.7. The number of hydrogen-bond acceptors (Lipinski definition) is 8. The quantitative estimate of drug-likeness (QED) is 0.369. The van der Waals surface area contributed by atoms with Crippen molar-refractivity contribution in [1.82, 2.24) is 14.6 Å². The molecule has 0 atom stereocenters. The Morgan fingerprint density at radius 3 is 2.55 bits per heavy atom. The molecule has 9 nitrogen and oxygen atoms in total. The zero-order valence-corrected chi connectivity index (χ0v) is 19.8. The first-order chi connectivity index (χ1) is 16.0. The van der Waals surface area contributed by atoms with Crippen LogP contribution >= 0.6 is 11.8 Å². The zero-order valence-electron chi connectivity index (χ0n) is 19.0. The molecule has 1 N–H and O–H groups in total. The number of anilines is 1. The lowest BCUT2D eigenvalue weighted by atomic mass is 10.2. The first kappa shape index (κ1) is 23.3. The van der Waals surface area contributed by atoms with Gasteiger partial charge in [0, 0.05) is 37.4 Å². The standard InChI is InChI=1S/C23H29N5O4S/c1-3-32-22(30)16-7-9-17(10-8-16)24-20(29)15-33-21-18-5-4-6-19(18)28(23(31)25-21)27-13-11-26(2)12-14-27/h7-10H,3-6,11-15H2,1-2H3,(H,24,29). The number of thioether (sulfide) groups is 1. The first-order valence-electron chi connectivity index (χ1n) is 11.2. The first-order valence-corrected chi connectivity index (χ1v) is 12.2. The van der Waals surface area contributed by atoms with Gasteiger partial charge in [-0.1, -0.05) is 11.8 Å². The van der Waals surface area contributed by atoms with Gasteiger partial charge in [0.05, 0.1) is 23.6 Å². The molecule has 1 fully saturated rings. The molecule has 4 rings (SSSR count). The molecule has 10 heteroatoms. The summed E-state index contributed by atoms with van der Waals surface area (Å²) in [5, 5.41) is 5.58. The molecule has 0 bridgehead atoms. The van der Waals surface area contributed by atoms with Crippen LogP contribution in [-0.2, 0) is 22.4 Å². The molecule has 1 aliphatic carbocycles. The summed E-state index contributed by atoms with van der Waals surface area (Å²) < 4.78 is 6.73. The highest BCUT2D eigenvalue weighted by Crippen LogP contribution is 2.29. The fourth-order valence-electron chi connectivity index (χ4n) is 4.15. The van der Waals surface area contributed by atoms with Crippen LogP contribution in [0.5, 0.6) is 0 Å². The normalized spacial score (nSPS) is 15.9. The van der Waals surface area contributed by atoms with Gasteiger partial charge in [0.1, 0.15) is 5.03 Å². The van der Waals surface area contributed by atoms with E-state index in [4.69, 9.17) is 4.74 Å². The minimum absolute atomic E-state index is 0.150. The summed E-state index contributed by atoms with van der Waals surface area (Å²) >= 11 is 1.30. The number of ether oxygens (including phenoxy) is 1. The second-order valence-corrected chi connectivity index (χ2v) is 9.15. The zero-order chi connectivity index (χ0) is 23.4. The third-order valence-electron chi connectivity index (χ3n) is 5.86. The molecule has 0 spiro atoms. The van der Waals surface area contributed by atoms with Gasteiger partial charge in [-0.2, -0.15) is 4.98 Å². The van der Waals surface area contributed by atoms with E-state index in [0.29, 0.717) is 22.9 Å². The smallest absolute Gasteiger partial charge is 0.367 e. The molecule has 1 amide bonds.